The van der Waals surface area contributed by atoms with Gasteiger partial charge < -0.3 is 4.74 Å². The van der Waals surface area contributed by atoms with E-state index in [1.165, 1.54) is 18.2 Å². The van der Waals surface area contributed by atoms with Gasteiger partial charge in [-0.3, -0.25) is 9.59 Å². The summed E-state index contributed by atoms with van der Waals surface area (Å²) in [4.78, 5) is 22.8. The highest BCUT2D eigenvalue weighted by molar-refractivity contribution is 6.68. The monoisotopic (exact) mass is 344 g/mol. The Hall–Kier alpha value is -2.36. The fourth-order valence-electron chi connectivity index (χ4n) is 2.25. The van der Waals surface area contributed by atoms with Crippen LogP contribution >= 0.6 is 23.2 Å². The van der Waals surface area contributed by atoms with Crippen molar-refractivity contribution in [1.29, 1.82) is 0 Å². The number of carbonyl (C=O) groups is 2. The predicted octanol–water partition coefficient (Wildman–Crippen LogP) is 5.39. The third kappa shape index (κ3) is 3.36. The zero-order valence-electron chi connectivity index (χ0n) is 11.8. The average Bonchev–Trinajstić information content (AvgIpc) is 2.54. The van der Waals surface area contributed by atoms with Crippen molar-refractivity contribution in [3.8, 4) is 11.5 Å². The SMILES string of the molecule is O=C(Cl)c1ccc(C(=O)Cl)c(Oc2ccc3ccccc3c2)c1. The number of rotatable bonds is 4. The molecular formula is C18H10Cl2O3. The van der Waals surface area contributed by atoms with Crippen molar-refractivity contribution >= 4 is 44.5 Å². The Kier molecular flexibility index (Phi) is 4.33. The van der Waals surface area contributed by atoms with Crippen LogP contribution in [0.2, 0.25) is 0 Å². The highest BCUT2D eigenvalue weighted by atomic mass is 35.5. The van der Waals surface area contributed by atoms with Crippen molar-refractivity contribution in [3.63, 3.8) is 0 Å². The van der Waals surface area contributed by atoms with Crippen molar-refractivity contribution in [1.82, 2.24) is 0 Å². The Morgan fingerprint density at radius 3 is 2.22 bits per heavy atom. The summed E-state index contributed by atoms with van der Waals surface area (Å²) in [5.74, 6) is 0.716. The third-order valence-corrected chi connectivity index (χ3v) is 3.79. The van der Waals surface area contributed by atoms with Crippen LogP contribution in [0.25, 0.3) is 10.8 Å². The summed E-state index contributed by atoms with van der Waals surface area (Å²) in [6, 6.07) is 17.6. The lowest BCUT2D eigenvalue weighted by Crippen LogP contribution is -1.98. The lowest BCUT2D eigenvalue weighted by molar-refractivity contribution is 0.106. The molecule has 0 bridgehead atoms. The van der Waals surface area contributed by atoms with E-state index in [4.69, 9.17) is 27.9 Å². The maximum absolute atomic E-state index is 11.5. The molecule has 0 aliphatic rings. The van der Waals surface area contributed by atoms with Gasteiger partial charge in [0, 0.05) is 5.56 Å². The maximum Gasteiger partial charge on any atom is 0.256 e. The molecule has 3 aromatic rings. The molecule has 114 valence electrons. The molecular weight excluding hydrogens is 335 g/mol. The van der Waals surface area contributed by atoms with Crippen LogP contribution in [0.1, 0.15) is 20.7 Å². The summed E-state index contributed by atoms with van der Waals surface area (Å²) in [6.07, 6.45) is 0. The van der Waals surface area contributed by atoms with E-state index in [2.05, 4.69) is 0 Å². The Morgan fingerprint density at radius 2 is 1.52 bits per heavy atom. The summed E-state index contributed by atoms with van der Waals surface area (Å²) < 4.78 is 5.75. The van der Waals surface area contributed by atoms with E-state index in [0.717, 1.165) is 10.8 Å². The van der Waals surface area contributed by atoms with E-state index >= 15 is 0 Å². The molecule has 0 aliphatic heterocycles. The molecule has 0 saturated carbocycles. The van der Waals surface area contributed by atoms with Gasteiger partial charge in [0.1, 0.15) is 11.5 Å². The molecule has 3 nitrogen and oxygen atoms in total. The molecule has 0 radical (unpaired) electrons. The van der Waals surface area contributed by atoms with Crippen LogP contribution in [-0.2, 0) is 0 Å². The second-order valence-electron chi connectivity index (χ2n) is 4.87. The Balaban J connectivity index is 2.04. The summed E-state index contributed by atoms with van der Waals surface area (Å²) >= 11 is 11.0. The molecule has 0 fully saturated rings. The molecule has 0 unspecified atom stereocenters. The highest BCUT2D eigenvalue weighted by Gasteiger charge is 2.14. The first kappa shape index (κ1) is 15.5. The molecule has 0 saturated heterocycles. The summed E-state index contributed by atoms with van der Waals surface area (Å²) in [7, 11) is 0. The zero-order valence-corrected chi connectivity index (χ0v) is 13.3. The molecule has 0 aliphatic carbocycles. The zero-order chi connectivity index (χ0) is 16.4. The van der Waals surface area contributed by atoms with Gasteiger partial charge in [-0.2, -0.15) is 0 Å². The van der Waals surface area contributed by atoms with Gasteiger partial charge >= 0.3 is 0 Å². The number of hydrogen-bond donors (Lipinski definition) is 0. The Labute approximate surface area is 142 Å². The fourth-order valence-corrected chi connectivity index (χ4v) is 2.52. The lowest BCUT2D eigenvalue weighted by atomic mass is 10.1. The molecule has 0 N–H and O–H groups in total. The van der Waals surface area contributed by atoms with Gasteiger partial charge in [0.15, 0.2) is 0 Å². The number of halogens is 2. The molecule has 23 heavy (non-hydrogen) atoms. The Morgan fingerprint density at radius 1 is 0.783 bits per heavy atom. The van der Waals surface area contributed by atoms with Gasteiger partial charge in [0.05, 0.1) is 5.56 Å². The second kappa shape index (κ2) is 6.41. The lowest BCUT2D eigenvalue weighted by Gasteiger charge is -2.10. The third-order valence-electron chi connectivity index (χ3n) is 3.37. The van der Waals surface area contributed by atoms with E-state index in [9.17, 15) is 9.59 Å². The van der Waals surface area contributed by atoms with Crippen LogP contribution in [0, 0.1) is 0 Å². The van der Waals surface area contributed by atoms with E-state index in [-0.39, 0.29) is 16.9 Å². The Bertz CT molecular complexity index is 919. The van der Waals surface area contributed by atoms with Crippen LogP contribution < -0.4 is 4.74 Å². The van der Waals surface area contributed by atoms with Crippen LogP contribution in [0.3, 0.4) is 0 Å². The minimum atomic E-state index is -0.672. The first-order valence-corrected chi connectivity index (χ1v) is 7.50. The quantitative estimate of drug-likeness (QED) is 0.596. The molecule has 3 aromatic carbocycles. The normalized spacial score (nSPS) is 10.5. The van der Waals surface area contributed by atoms with Gasteiger partial charge in [0.2, 0.25) is 0 Å². The van der Waals surface area contributed by atoms with Gasteiger partial charge in [0.25, 0.3) is 10.5 Å². The molecule has 0 atom stereocenters. The van der Waals surface area contributed by atoms with Crippen molar-refractivity contribution in [2.24, 2.45) is 0 Å². The molecule has 0 spiro atoms. The van der Waals surface area contributed by atoms with Crippen molar-refractivity contribution in [2.45, 2.75) is 0 Å². The van der Waals surface area contributed by atoms with E-state index in [1.54, 1.807) is 6.07 Å². The number of carbonyl (C=O) groups excluding carboxylic acids is 2. The minimum Gasteiger partial charge on any atom is -0.457 e. The van der Waals surface area contributed by atoms with Gasteiger partial charge in [-0.05, 0) is 64.3 Å². The van der Waals surface area contributed by atoms with Crippen LogP contribution in [0.4, 0.5) is 0 Å². The second-order valence-corrected chi connectivity index (χ2v) is 5.56. The maximum atomic E-state index is 11.5. The van der Waals surface area contributed by atoms with Crippen LogP contribution in [0.15, 0.2) is 60.7 Å². The van der Waals surface area contributed by atoms with E-state index in [1.807, 2.05) is 36.4 Å². The van der Waals surface area contributed by atoms with Crippen LogP contribution in [0.5, 0.6) is 11.5 Å². The largest absolute Gasteiger partial charge is 0.457 e. The highest BCUT2D eigenvalue weighted by Crippen LogP contribution is 2.30. The number of hydrogen-bond acceptors (Lipinski definition) is 3. The molecule has 3 rings (SSSR count). The van der Waals surface area contributed by atoms with Crippen LogP contribution in [-0.4, -0.2) is 10.5 Å². The van der Waals surface area contributed by atoms with Crippen molar-refractivity contribution in [3.05, 3.63) is 71.8 Å². The smallest absolute Gasteiger partial charge is 0.256 e. The number of fused-ring (bicyclic) bond motifs is 1. The van der Waals surface area contributed by atoms with Gasteiger partial charge in [-0.25, -0.2) is 0 Å². The average molecular weight is 345 g/mol. The van der Waals surface area contributed by atoms with E-state index in [0.29, 0.717) is 5.75 Å². The van der Waals surface area contributed by atoms with Gasteiger partial charge in [-0.1, -0.05) is 30.3 Å². The van der Waals surface area contributed by atoms with Gasteiger partial charge in [-0.15, -0.1) is 0 Å². The molecule has 0 amide bonds. The summed E-state index contributed by atoms with van der Waals surface area (Å²) in [5.41, 5.74) is 0.394. The minimum absolute atomic E-state index is 0.168. The molecule has 0 aromatic heterocycles. The standard InChI is InChI=1S/C18H10Cl2O3/c19-17(21)13-6-8-15(18(20)22)16(10-13)23-14-7-5-11-3-1-2-4-12(11)9-14/h1-10H. The predicted molar refractivity (Wildman–Crippen MR) is 90.8 cm³/mol. The number of ether oxygens (including phenoxy) is 1. The topological polar surface area (TPSA) is 43.4 Å². The summed E-state index contributed by atoms with van der Waals surface area (Å²) in [6.45, 7) is 0. The van der Waals surface area contributed by atoms with E-state index < -0.39 is 10.5 Å². The van der Waals surface area contributed by atoms with Crippen molar-refractivity contribution in [2.75, 3.05) is 0 Å². The molecule has 0 heterocycles. The number of benzene rings is 3. The fraction of sp³-hybridized carbons (Fsp3) is 0. The first-order valence-electron chi connectivity index (χ1n) is 6.75. The summed E-state index contributed by atoms with van der Waals surface area (Å²) in [5, 5.41) is 0.753. The molecule has 5 heteroatoms. The van der Waals surface area contributed by atoms with Crippen molar-refractivity contribution < 1.29 is 14.3 Å². The first-order chi connectivity index (χ1) is 11.0.